The number of nitrogens with one attached hydrogen (secondary N) is 1. The van der Waals surface area contributed by atoms with Crippen molar-refractivity contribution in [1.29, 1.82) is 5.26 Å². The minimum Gasteiger partial charge on any atom is -0.325 e. The van der Waals surface area contributed by atoms with Gasteiger partial charge in [-0.25, -0.2) is 0 Å². The standard InChI is InChI=1S/C9H9N3O/c10-5-7-2-1-3-8(4-7)12-9(13)6-11/h1-4H,6,11H2,(H,12,13). The number of amides is 1. The summed E-state index contributed by atoms with van der Waals surface area (Å²) in [6.07, 6.45) is 0. The number of rotatable bonds is 2. The molecule has 1 rings (SSSR count). The Morgan fingerprint density at radius 3 is 3.00 bits per heavy atom. The maximum atomic E-state index is 10.9. The Balaban J connectivity index is 2.79. The molecule has 66 valence electrons. The zero-order chi connectivity index (χ0) is 9.68. The van der Waals surface area contributed by atoms with Gasteiger partial charge in [0.2, 0.25) is 5.91 Å². The lowest BCUT2D eigenvalue weighted by atomic mass is 10.2. The van der Waals surface area contributed by atoms with Crippen molar-refractivity contribution in [2.24, 2.45) is 5.73 Å². The van der Waals surface area contributed by atoms with E-state index >= 15 is 0 Å². The first-order chi connectivity index (χ1) is 6.26. The second-order valence-electron chi connectivity index (χ2n) is 2.44. The van der Waals surface area contributed by atoms with Gasteiger partial charge in [-0.3, -0.25) is 4.79 Å². The highest BCUT2D eigenvalue weighted by Crippen LogP contribution is 2.08. The molecule has 0 unspecified atom stereocenters. The van der Waals surface area contributed by atoms with E-state index in [1.165, 1.54) is 0 Å². The van der Waals surface area contributed by atoms with Gasteiger partial charge in [0.1, 0.15) is 0 Å². The van der Waals surface area contributed by atoms with Gasteiger partial charge < -0.3 is 11.1 Å². The lowest BCUT2D eigenvalue weighted by Gasteiger charge is -2.02. The van der Waals surface area contributed by atoms with Crippen LogP contribution in [0.25, 0.3) is 0 Å². The predicted molar refractivity (Wildman–Crippen MR) is 48.8 cm³/mol. The van der Waals surface area contributed by atoms with Crippen LogP contribution in [0, 0.1) is 11.3 Å². The van der Waals surface area contributed by atoms with E-state index in [4.69, 9.17) is 11.0 Å². The van der Waals surface area contributed by atoms with E-state index in [0.717, 1.165) is 0 Å². The van der Waals surface area contributed by atoms with Crippen molar-refractivity contribution in [3.63, 3.8) is 0 Å². The third-order valence-electron chi connectivity index (χ3n) is 1.46. The van der Waals surface area contributed by atoms with Crippen LogP contribution in [0.2, 0.25) is 0 Å². The Labute approximate surface area is 76.0 Å². The zero-order valence-electron chi connectivity index (χ0n) is 6.95. The van der Waals surface area contributed by atoms with Gasteiger partial charge >= 0.3 is 0 Å². The molecule has 1 amide bonds. The molecule has 0 aliphatic carbocycles. The molecule has 0 radical (unpaired) electrons. The fraction of sp³-hybridized carbons (Fsp3) is 0.111. The van der Waals surface area contributed by atoms with Crippen LogP contribution >= 0.6 is 0 Å². The molecule has 0 aromatic heterocycles. The molecular formula is C9H9N3O. The molecule has 0 aliphatic rings. The molecule has 3 N–H and O–H groups in total. The van der Waals surface area contributed by atoms with Crippen LogP contribution in [0.4, 0.5) is 5.69 Å². The normalized spacial score (nSPS) is 8.92. The summed E-state index contributed by atoms with van der Waals surface area (Å²) in [5.74, 6) is -0.268. The number of hydrogen-bond acceptors (Lipinski definition) is 3. The molecule has 13 heavy (non-hydrogen) atoms. The maximum Gasteiger partial charge on any atom is 0.238 e. The zero-order valence-corrected chi connectivity index (χ0v) is 6.95. The first-order valence-electron chi connectivity index (χ1n) is 3.76. The van der Waals surface area contributed by atoms with Gasteiger partial charge in [-0.2, -0.15) is 5.26 Å². The Morgan fingerprint density at radius 1 is 1.62 bits per heavy atom. The van der Waals surface area contributed by atoms with Gasteiger partial charge in [0.15, 0.2) is 0 Å². The molecular weight excluding hydrogens is 166 g/mol. The third-order valence-corrected chi connectivity index (χ3v) is 1.46. The van der Waals surface area contributed by atoms with E-state index in [2.05, 4.69) is 5.32 Å². The highest BCUT2D eigenvalue weighted by atomic mass is 16.1. The summed E-state index contributed by atoms with van der Waals surface area (Å²) in [4.78, 5) is 10.9. The van der Waals surface area contributed by atoms with Gasteiger partial charge in [-0.15, -0.1) is 0 Å². The van der Waals surface area contributed by atoms with Crippen molar-refractivity contribution >= 4 is 11.6 Å². The van der Waals surface area contributed by atoms with Gasteiger partial charge in [0.25, 0.3) is 0 Å². The Bertz CT molecular complexity index is 354. The molecule has 0 aliphatic heterocycles. The molecule has 0 bridgehead atoms. The summed E-state index contributed by atoms with van der Waals surface area (Å²) >= 11 is 0. The smallest absolute Gasteiger partial charge is 0.238 e. The number of carbonyl (C=O) groups excluding carboxylic acids is 1. The minimum absolute atomic E-state index is 0.0587. The van der Waals surface area contributed by atoms with Gasteiger partial charge in [-0.05, 0) is 18.2 Å². The van der Waals surface area contributed by atoms with Gasteiger partial charge in [0, 0.05) is 5.69 Å². The van der Waals surface area contributed by atoms with E-state index in [0.29, 0.717) is 11.3 Å². The van der Waals surface area contributed by atoms with E-state index in [1.807, 2.05) is 6.07 Å². The first kappa shape index (κ1) is 9.23. The lowest BCUT2D eigenvalue weighted by molar-refractivity contribution is -0.114. The minimum atomic E-state index is -0.268. The number of nitrogens with zero attached hydrogens (tertiary/aromatic N) is 1. The predicted octanol–water partition coefficient (Wildman–Crippen LogP) is 0.455. The fourth-order valence-corrected chi connectivity index (χ4v) is 0.879. The van der Waals surface area contributed by atoms with E-state index in [-0.39, 0.29) is 12.5 Å². The van der Waals surface area contributed by atoms with E-state index in [1.54, 1.807) is 24.3 Å². The third kappa shape index (κ3) is 2.58. The Morgan fingerprint density at radius 2 is 2.38 bits per heavy atom. The van der Waals surface area contributed by atoms with Crippen molar-refractivity contribution in [2.75, 3.05) is 11.9 Å². The summed E-state index contributed by atoms with van der Waals surface area (Å²) in [5.41, 5.74) is 6.21. The van der Waals surface area contributed by atoms with Crippen LogP contribution in [0.1, 0.15) is 5.56 Å². The van der Waals surface area contributed by atoms with Crippen molar-refractivity contribution in [1.82, 2.24) is 0 Å². The van der Waals surface area contributed by atoms with E-state index in [9.17, 15) is 4.79 Å². The highest BCUT2D eigenvalue weighted by molar-refractivity contribution is 5.92. The molecule has 4 heteroatoms. The molecule has 0 heterocycles. The monoisotopic (exact) mass is 175 g/mol. The SMILES string of the molecule is N#Cc1cccc(NC(=O)CN)c1. The molecule has 0 atom stereocenters. The molecule has 0 spiro atoms. The van der Waals surface area contributed by atoms with Crippen molar-refractivity contribution in [2.45, 2.75) is 0 Å². The summed E-state index contributed by atoms with van der Waals surface area (Å²) in [5, 5.41) is 11.1. The van der Waals surface area contributed by atoms with Crippen LogP contribution < -0.4 is 11.1 Å². The molecule has 4 nitrogen and oxygen atoms in total. The highest BCUT2D eigenvalue weighted by Gasteiger charge is 1.98. The van der Waals surface area contributed by atoms with Crippen molar-refractivity contribution in [3.8, 4) is 6.07 Å². The molecule has 0 fully saturated rings. The number of nitrogens with two attached hydrogens (primary N) is 1. The number of carbonyl (C=O) groups is 1. The Kier molecular flexibility index (Phi) is 3.01. The first-order valence-corrected chi connectivity index (χ1v) is 3.76. The Hall–Kier alpha value is -1.86. The number of nitriles is 1. The van der Waals surface area contributed by atoms with Crippen LogP contribution in [0.5, 0.6) is 0 Å². The molecule has 1 aromatic rings. The van der Waals surface area contributed by atoms with E-state index < -0.39 is 0 Å². The number of anilines is 1. The van der Waals surface area contributed by atoms with Crippen LogP contribution in [-0.4, -0.2) is 12.5 Å². The summed E-state index contributed by atoms with van der Waals surface area (Å²) in [6.45, 7) is -0.0587. The quantitative estimate of drug-likeness (QED) is 0.685. The van der Waals surface area contributed by atoms with Gasteiger partial charge in [0.05, 0.1) is 18.2 Å². The fourth-order valence-electron chi connectivity index (χ4n) is 0.879. The summed E-state index contributed by atoms with van der Waals surface area (Å²) < 4.78 is 0. The topological polar surface area (TPSA) is 78.9 Å². The van der Waals surface area contributed by atoms with Crippen molar-refractivity contribution in [3.05, 3.63) is 29.8 Å². The summed E-state index contributed by atoms with van der Waals surface area (Å²) in [6, 6.07) is 8.63. The van der Waals surface area contributed by atoms with Crippen molar-refractivity contribution < 1.29 is 4.79 Å². The second-order valence-corrected chi connectivity index (χ2v) is 2.44. The average molecular weight is 175 g/mol. The molecule has 0 saturated carbocycles. The van der Waals surface area contributed by atoms with Crippen LogP contribution in [0.3, 0.4) is 0 Å². The molecule has 1 aromatic carbocycles. The summed E-state index contributed by atoms with van der Waals surface area (Å²) in [7, 11) is 0. The number of benzene rings is 1. The molecule has 0 saturated heterocycles. The maximum absolute atomic E-state index is 10.9. The van der Waals surface area contributed by atoms with Crippen LogP contribution in [-0.2, 0) is 4.79 Å². The number of hydrogen-bond donors (Lipinski definition) is 2. The van der Waals surface area contributed by atoms with Gasteiger partial charge in [-0.1, -0.05) is 6.07 Å². The second kappa shape index (κ2) is 4.24. The average Bonchev–Trinajstić information content (AvgIpc) is 2.18. The lowest BCUT2D eigenvalue weighted by Crippen LogP contribution is -2.21. The van der Waals surface area contributed by atoms with Crippen LogP contribution in [0.15, 0.2) is 24.3 Å². The largest absolute Gasteiger partial charge is 0.325 e.